The van der Waals surface area contributed by atoms with Gasteiger partial charge >= 0.3 is 0 Å². The highest BCUT2D eigenvalue weighted by atomic mass is 16.2. The quantitative estimate of drug-likeness (QED) is 0.870. The first-order valence-corrected chi connectivity index (χ1v) is 7.65. The second-order valence-corrected chi connectivity index (χ2v) is 5.59. The predicted molar refractivity (Wildman–Crippen MR) is 80.9 cm³/mol. The zero-order valence-corrected chi connectivity index (χ0v) is 12.7. The molecule has 2 aromatic heterocycles. The molecular weight excluding hydrogens is 264 g/mol. The summed E-state index contributed by atoms with van der Waals surface area (Å²) in [4.78, 5) is 19.4. The molecule has 1 fully saturated rings. The van der Waals surface area contributed by atoms with Crippen LogP contribution in [0, 0.1) is 0 Å². The van der Waals surface area contributed by atoms with E-state index in [1.165, 1.54) is 0 Å². The number of imidazole rings is 1. The Labute approximate surface area is 125 Å². The van der Waals surface area contributed by atoms with Gasteiger partial charge in [0, 0.05) is 38.7 Å². The molecule has 0 saturated carbocycles. The van der Waals surface area contributed by atoms with Crippen LogP contribution >= 0.6 is 0 Å². The van der Waals surface area contributed by atoms with Crippen LogP contribution in [0.2, 0.25) is 0 Å². The largest absolute Gasteiger partial charge is 0.347 e. The van der Waals surface area contributed by atoms with Crippen LogP contribution in [0.4, 0.5) is 0 Å². The minimum atomic E-state index is 0.0936. The van der Waals surface area contributed by atoms with Crippen LogP contribution in [0.15, 0.2) is 30.7 Å². The Bertz CT molecular complexity index is 628. The van der Waals surface area contributed by atoms with E-state index in [0.29, 0.717) is 0 Å². The first-order valence-electron chi connectivity index (χ1n) is 7.65. The number of carbonyl (C=O) groups excluding carboxylic acids is 1. The molecule has 5 heteroatoms. The minimum absolute atomic E-state index is 0.0936. The number of nitrogens with zero attached hydrogens (tertiary/aromatic N) is 4. The van der Waals surface area contributed by atoms with E-state index in [9.17, 15) is 4.79 Å². The molecule has 1 amide bonds. The number of likely N-dealkylation sites (tertiary alicyclic amines) is 1. The van der Waals surface area contributed by atoms with Gasteiger partial charge in [-0.15, -0.1) is 0 Å². The van der Waals surface area contributed by atoms with Gasteiger partial charge in [-0.1, -0.05) is 0 Å². The number of amides is 1. The zero-order chi connectivity index (χ0) is 14.8. The first-order chi connectivity index (χ1) is 10.2. The monoisotopic (exact) mass is 286 g/mol. The molecule has 2 aromatic rings. The normalized spacial score (nSPS) is 19.0. The van der Waals surface area contributed by atoms with Gasteiger partial charge in [-0.25, -0.2) is 4.98 Å². The number of aromatic nitrogens is 3. The highest BCUT2D eigenvalue weighted by Crippen LogP contribution is 2.31. The molecule has 0 aromatic carbocycles. The van der Waals surface area contributed by atoms with Gasteiger partial charge < -0.3 is 14.0 Å². The molecule has 1 saturated heterocycles. The van der Waals surface area contributed by atoms with E-state index in [1.807, 2.05) is 47.2 Å². The summed E-state index contributed by atoms with van der Waals surface area (Å²) in [7, 11) is 1.92. The molecule has 112 valence electrons. The Morgan fingerprint density at radius 3 is 2.95 bits per heavy atom. The molecule has 0 spiro atoms. The van der Waals surface area contributed by atoms with E-state index < -0.39 is 0 Å². The zero-order valence-electron chi connectivity index (χ0n) is 12.7. The molecule has 1 atom stereocenters. The average molecular weight is 286 g/mol. The lowest BCUT2D eigenvalue weighted by Crippen LogP contribution is -2.40. The summed E-state index contributed by atoms with van der Waals surface area (Å²) in [6, 6.07) is 3.90. The van der Waals surface area contributed by atoms with Gasteiger partial charge in [0.1, 0.15) is 11.5 Å². The van der Waals surface area contributed by atoms with E-state index in [2.05, 4.69) is 16.5 Å². The summed E-state index contributed by atoms with van der Waals surface area (Å²) in [5.41, 5.74) is 0.747. The van der Waals surface area contributed by atoms with Gasteiger partial charge in [-0.05, 0) is 38.3 Å². The third-order valence-corrected chi connectivity index (χ3v) is 4.31. The van der Waals surface area contributed by atoms with Gasteiger partial charge in [0.25, 0.3) is 5.91 Å². The number of carbonyl (C=O) groups is 1. The van der Waals surface area contributed by atoms with Gasteiger partial charge in [0.05, 0.1) is 6.04 Å². The fourth-order valence-corrected chi connectivity index (χ4v) is 3.16. The van der Waals surface area contributed by atoms with E-state index in [1.54, 1.807) is 0 Å². The second kappa shape index (κ2) is 5.76. The Morgan fingerprint density at radius 2 is 2.24 bits per heavy atom. The van der Waals surface area contributed by atoms with Crippen molar-refractivity contribution in [3.05, 3.63) is 42.2 Å². The van der Waals surface area contributed by atoms with Gasteiger partial charge in [-0.3, -0.25) is 4.79 Å². The van der Waals surface area contributed by atoms with E-state index in [-0.39, 0.29) is 11.9 Å². The molecule has 0 N–H and O–H groups in total. The lowest BCUT2D eigenvalue weighted by Gasteiger charge is -2.35. The van der Waals surface area contributed by atoms with Gasteiger partial charge in [0.15, 0.2) is 0 Å². The number of hydrogen-bond donors (Lipinski definition) is 0. The minimum Gasteiger partial charge on any atom is -0.347 e. The van der Waals surface area contributed by atoms with Gasteiger partial charge in [0.2, 0.25) is 0 Å². The summed E-state index contributed by atoms with van der Waals surface area (Å²) >= 11 is 0. The lowest BCUT2D eigenvalue weighted by atomic mass is 10.0. The van der Waals surface area contributed by atoms with Crippen LogP contribution in [-0.4, -0.2) is 31.5 Å². The van der Waals surface area contributed by atoms with E-state index >= 15 is 0 Å². The van der Waals surface area contributed by atoms with Crippen molar-refractivity contribution in [2.45, 2.75) is 38.8 Å². The number of rotatable bonds is 3. The van der Waals surface area contributed by atoms with Crippen LogP contribution in [0.5, 0.6) is 0 Å². The summed E-state index contributed by atoms with van der Waals surface area (Å²) < 4.78 is 4.03. The smallest absolute Gasteiger partial charge is 0.271 e. The maximum atomic E-state index is 12.9. The maximum Gasteiger partial charge on any atom is 0.271 e. The molecule has 3 heterocycles. The van der Waals surface area contributed by atoms with Crippen molar-refractivity contribution >= 4 is 5.91 Å². The molecule has 0 radical (unpaired) electrons. The van der Waals surface area contributed by atoms with Crippen LogP contribution in [0.1, 0.15) is 48.5 Å². The van der Waals surface area contributed by atoms with E-state index in [4.69, 9.17) is 0 Å². The third-order valence-electron chi connectivity index (χ3n) is 4.31. The highest BCUT2D eigenvalue weighted by Gasteiger charge is 2.32. The third kappa shape index (κ3) is 2.48. The maximum absolute atomic E-state index is 12.9. The van der Waals surface area contributed by atoms with Crippen LogP contribution in [-0.2, 0) is 13.6 Å². The molecule has 0 aliphatic carbocycles. The highest BCUT2D eigenvalue weighted by molar-refractivity contribution is 5.93. The average Bonchev–Trinajstić information content (AvgIpc) is 3.14. The van der Waals surface area contributed by atoms with Crippen molar-refractivity contribution in [3.63, 3.8) is 0 Å². The van der Waals surface area contributed by atoms with Gasteiger partial charge in [-0.2, -0.15) is 0 Å². The molecule has 5 nitrogen and oxygen atoms in total. The molecule has 1 aliphatic rings. The Hall–Kier alpha value is -2.04. The van der Waals surface area contributed by atoms with E-state index in [0.717, 1.165) is 43.9 Å². The second-order valence-electron chi connectivity index (χ2n) is 5.59. The number of piperidine rings is 1. The molecule has 1 aliphatic heterocycles. The van der Waals surface area contributed by atoms with Crippen molar-refractivity contribution in [1.29, 1.82) is 0 Å². The fourth-order valence-electron chi connectivity index (χ4n) is 3.16. The molecular formula is C16H22N4O. The van der Waals surface area contributed by atoms with Crippen molar-refractivity contribution in [2.24, 2.45) is 7.05 Å². The Morgan fingerprint density at radius 1 is 1.38 bits per heavy atom. The van der Waals surface area contributed by atoms with Crippen LogP contribution in [0.25, 0.3) is 0 Å². The van der Waals surface area contributed by atoms with Crippen LogP contribution < -0.4 is 0 Å². The fraction of sp³-hybridized carbons (Fsp3) is 0.500. The Kier molecular flexibility index (Phi) is 3.82. The van der Waals surface area contributed by atoms with Crippen molar-refractivity contribution in [2.75, 3.05) is 6.54 Å². The summed E-state index contributed by atoms with van der Waals surface area (Å²) in [6.07, 6.45) is 8.96. The molecule has 0 bridgehead atoms. The summed E-state index contributed by atoms with van der Waals surface area (Å²) in [5.74, 6) is 1.12. The molecule has 3 rings (SSSR count). The van der Waals surface area contributed by atoms with Crippen LogP contribution in [0.3, 0.4) is 0 Å². The van der Waals surface area contributed by atoms with Crippen molar-refractivity contribution < 1.29 is 4.79 Å². The van der Waals surface area contributed by atoms with Crippen molar-refractivity contribution in [3.8, 4) is 0 Å². The topological polar surface area (TPSA) is 43.1 Å². The first kappa shape index (κ1) is 13.9. The Balaban J connectivity index is 1.92. The summed E-state index contributed by atoms with van der Waals surface area (Å²) in [6.45, 7) is 3.81. The standard InChI is InChI=1S/C16H22N4O/c1-3-19-12-9-17-15(19)13-7-4-5-11-20(13)16(21)14-8-6-10-18(14)2/h6,8-10,12-13H,3-5,7,11H2,1-2H3/t13-/m1/s1. The number of aryl methyl sites for hydroxylation is 2. The SMILES string of the molecule is CCn1ccnc1[C@H]1CCCCN1C(=O)c1cccn1C. The summed E-state index contributed by atoms with van der Waals surface area (Å²) in [5, 5.41) is 0. The molecule has 0 unspecified atom stereocenters. The molecule has 21 heavy (non-hydrogen) atoms. The van der Waals surface area contributed by atoms with Crippen molar-refractivity contribution in [1.82, 2.24) is 19.0 Å². The number of hydrogen-bond acceptors (Lipinski definition) is 2. The predicted octanol–water partition coefficient (Wildman–Crippen LogP) is 2.61. The lowest BCUT2D eigenvalue weighted by molar-refractivity contribution is 0.0585.